The number of morpholine rings is 1. The molecule has 1 fully saturated rings. The maximum atomic E-state index is 13.0. The van der Waals surface area contributed by atoms with Gasteiger partial charge in [0.15, 0.2) is 0 Å². The fraction of sp³-hybridized carbons (Fsp3) is 0.417. The zero-order valence-corrected chi connectivity index (χ0v) is 20.1. The van der Waals surface area contributed by atoms with Gasteiger partial charge in [-0.2, -0.15) is 4.31 Å². The van der Waals surface area contributed by atoms with Gasteiger partial charge in [-0.3, -0.25) is 4.79 Å². The van der Waals surface area contributed by atoms with Gasteiger partial charge >= 0.3 is 0 Å². The summed E-state index contributed by atoms with van der Waals surface area (Å²) in [5, 5.41) is 2.97. The van der Waals surface area contributed by atoms with Crippen LogP contribution in [0.2, 0.25) is 0 Å². The standard InChI is InChI=1S/C24H30N4O4S/c1-4-28-22-8-6-19(33(30,31)27-11-13-32-14-12-27)16-21(22)25-23(28)9-10-24(29)26-20-7-5-17(2)15-18(20)3/h5-8,15-16H,4,9-14H2,1-3H3,(H,26,29). The van der Waals surface area contributed by atoms with E-state index in [4.69, 9.17) is 4.74 Å². The first kappa shape index (κ1) is 23.4. The molecule has 0 radical (unpaired) electrons. The Hall–Kier alpha value is -2.75. The third-order valence-electron chi connectivity index (χ3n) is 5.95. The molecule has 2 aromatic carbocycles. The topological polar surface area (TPSA) is 93.5 Å². The van der Waals surface area contributed by atoms with Crippen LogP contribution in [-0.4, -0.2) is 54.5 Å². The highest BCUT2D eigenvalue weighted by Gasteiger charge is 2.27. The van der Waals surface area contributed by atoms with Crippen LogP contribution in [0.5, 0.6) is 0 Å². The number of benzene rings is 2. The minimum atomic E-state index is -3.59. The molecule has 0 unspecified atom stereocenters. The first-order valence-electron chi connectivity index (χ1n) is 11.2. The predicted molar refractivity (Wildman–Crippen MR) is 128 cm³/mol. The summed E-state index contributed by atoms with van der Waals surface area (Å²) < 4.78 is 34.8. The molecule has 33 heavy (non-hydrogen) atoms. The molecule has 1 aliphatic rings. The Kier molecular flexibility index (Phi) is 6.83. The average Bonchev–Trinajstić information content (AvgIpc) is 3.17. The van der Waals surface area contributed by atoms with Gasteiger partial charge in [0.1, 0.15) is 5.82 Å². The molecule has 0 bridgehead atoms. The summed E-state index contributed by atoms with van der Waals surface area (Å²) in [6.45, 7) is 8.20. The van der Waals surface area contributed by atoms with E-state index < -0.39 is 10.0 Å². The Morgan fingerprint density at radius 2 is 1.88 bits per heavy atom. The van der Waals surface area contributed by atoms with Gasteiger partial charge in [0, 0.05) is 38.2 Å². The number of aromatic nitrogens is 2. The number of carbonyl (C=O) groups is 1. The predicted octanol–water partition coefficient (Wildman–Crippen LogP) is 3.27. The number of sulfonamides is 1. The van der Waals surface area contributed by atoms with Crippen molar-refractivity contribution >= 4 is 32.7 Å². The number of nitrogens with zero attached hydrogens (tertiary/aromatic N) is 3. The van der Waals surface area contributed by atoms with Gasteiger partial charge in [0.2, 0.25) is 15.9 Å². The molecule has 1 saturated heterocycles. The number of hydrogen-bond acceptors (Lipinski definition) is 5. The number of amides is 1. The van der Waals surface area contributed by atoms with Crippen LogP contribution in [0.25, 0.3) is 11.0 Å². The highest BCUT2D eigenvalue weighted by molar-refractivity contribution is 7.89. The average molecular weight is 471 g/mol. The Bertz CT molecular complexity index is 1280. The molecular weight excluding hydrogens is 440 g/mol. The van der Waals surface area contributed by atoms with Crippen molar-refractivity contribution in [3.8, 4) is 0 Å². The van der Waals surface area contributed by atoms with Crippen LogP contribution in [0.4, 0.5) is 5.69 Å². The number of anilines is 1. The minimum Gasteiger partial charge on any atom is -0.379 e. The summed E-state index contributed by atoms with van der Waals surface area (Å²) in [7, 11) is -3.59. The fourth-order valence-electron chi connectivity index (χ4n) is 4.19. The number of ether oxygens (including phenoxy) is 1. The first-order valence-corrected chi connectivity index (χ1v) is 12.7. The summed E-state index contributed by atoms with van der Waals surface area (Å²) in [6.07, 6.45) is 0.750. The second-order valence-corrected chi connectivity index (χ2v) is 10.2. The van der Waals surface area contributed by atoms with Crippen LogP contribution in [0, 0.1) is 13.8 Å². The van der Waals surface area contributed by atoms with Gasteiger partial charge in [-0.05, 0) is 50.6 Å². The molecule has 9 heteroatoms. The van der Waals surface area contributed by atoms with Gasteiger partial charge in [-0.25, -0.2) is 13.4 Å². The Morgan fingerprint density at radius 1 is 1.12 bits per heavy atom. The quantitative estimate of drug-likeness (QED) is 0.572. The molecule has 1 aromatic heterocycles. The van der Waals surface area contributed by atoms with Crippen molar-refractivity contribution in [2.24, 2.45) is 0 Å². The van der Waals surface area contributed by atoms with Crippen molar-refractivity contribution in [1.82, 2.24) is 13.9 Å². The second-order valence-electron chi connectivity index (χ2n) is 8.31. The summed E-state index contributed by atoms with van der Waals surface area (Å²) in [6, 6.07) is 11.0. The van der Waals surface area contributed by atoms with E-state index >= 15 is 0 Å². The smallest absolute Gasteiger partial charge is 0.243 e. The van der Waals surface area contributed by atoms with Gasteiger partial charge < -0.3 is 14.6 Å². The lowest BCUT2D eigenvalue weighted by Gasteiger charge is -2.26. The zero-order valence-electron chi connectivity index (χ0n) is 19.3. The lowest BCUT2D eigenvalue weighted by atomic mass is 10.1. The van der Waals surface area contributed by atoms with Crippen LogP contribution >= 0.6 is 0 Å². The van der Waals surface area contributed by atoms with Gasteiger partial charge in [-0.1, -0.05) is 17.7 Å². The minimum absolute atomic E-state index is 0.0766. The summed E-state index contributed by atoms with van der Waals surface area (Å²) >= 11 is 0. The van der Waals surface area contributed by atoms with Gasteiger partial charge in [0.05, 0.1) is 29.1 Å². The number of nitrogens with one attached hydrogen (secondary N) is 1. The van der Waals surface area contributed by atoms with Crippen molar-refractivity contribution in [3.63, 3.8) is 0 Å². The lowest BCUT2D eigenvalue weighted by molar-refractivity contribution is -0.116. The van der Waals surface area contributed by atoms with E-state index in [1.54, 1.807) is 18.2 Å². The number of carbonyl (C=O) groups excluding carboxylic acids is 1. The molecule has 1 aliphatic heterocycles. The van der Waals surface area contributed by atoms with Crippen molar-refractivity contribution in [3.05, 3.63) is 53.3 Å². The van der Waals surface area contributed by atoms with E-state index in [-0.39, 0.29) is 17.2 Å². The Balaban J connectivity index is 1.52. The van der Waals surface area contributed by atoms with E-state index in [1.807, 2.05) is 43.5 Å². The van der Waals surface area contributed by atoms with Crippen molar-refractivity contribution in [1.29, 1.82) is 0 Å². The van der Waals surface area contributed by atoms with Gasteiger partial charge in [-0.15, -0.1) is 0 Å². The second kappa shape index (κ2) is 9.62. The third-order valence-corrected chi connectivity index (χ3v) is 7.85. The van der Waals surface area contributed by atoms with Crippen molar-refractivity contribution in [2.75, 3.05) is 31.6 Å². The number of hydrogen-bond donors (Lipinski definition) is 1. The number of aryl methyl sites for hydroxylation is 4. The van der Waals surface area contributed by atoms with E-state index in [1.165, 1.54) is 4.31 Å². The molecule has 2 heterocycles. The lowest BCUT2D eigenvalue weighted by Crippen LogP contribution is -2.40. The molecule has 176 valence electrons. The van der Waals surface area contributed by atoms with Crippen molar-refractivity contribution < 1.29 is 17.9 Å². The molecule has 3 aromatic rings. The normalized spacial score (nSPS) is 15.1. The highest BCUT2D eigenvalue weighted by Crippen LogP contribution is 2.24. The number of imidazole rings is 1. The fourth-order valence-corrected chi connectivity index (χ4v) is 5.62. The van der Waals surface area contributed by atoms with Crippen LogP contribution in [0.1, 0.15) is 30.3 Å². The van der Waals surface area contributed by atoms with Gasteiger partial charge in [0.25, 0.3) is 0 Å². The van der Waals surface area contributed by atoms with E-state index in [0.29, 0.717) is 44.8 Å². The maximum absolute atomic E-state index is 13.0. The number of fused-ring (bicyclic) bond motifs is 1. The van der Waals surface area contributed by atoms with E-state index in [2.05, 4.69) is 10.3 Å². The van der Waals surface area contributed by atoms with Crippen LogP contribution < -0.4 is 5.32 Å². The monoisotopic (exact) mass is 470 g/mol. The van der Waals surface area contributed by atoms with Crippen LogP contribution in [0.3, 0.4) is 0 Å². The zero-order chi connectivity index (χ0) is 23.6. The summed E-state index contributed by atoms with van der Waals surface area (Å²) in [4.78, 5) is 17.5. The molecule has 0 aliphatic carbocycles. The van der Waals surface area contributed by atoms with Crippen molar-refractivity contribution in [2.45, 2.75) is 45.1 Å². The summed E-state index contributed by atoms with van der Waals surface area (Å²) in [5.41, 5.74) is 4.47. The maximum Gasteiger partial charge on any atom is 0.243 e. The van der Waals surface area contributed by atoms with E-state index in [0.717, 1.165) is 28.2 Å². The Labute approximate surface area is 194 Å². The molecule has 1 N–H and O–H groups in total. The number of rotatable bonds is 7. The molecule has 1 amide bonds. The van der Waals surface area contributed by atoms with Crippen LogP contribution in [-0.2, 0) is 32.5 Å². The Morgan fingerprint density at radius 3 is 2.58 bits per heavy atom. The highest BCUT2D eigenvalue weighted by atomic mass is 32.2. The van der Waals surface area contributed by atoms with Crippen LogP contribution in [0.15, 0.2) is 41.3 Å². The molecular formula is C24H30N4O4S. The SMILES string of the molecule is CCn1c(CCC(=O)Nc2ccc(C)cc2C)nc2cc(S(=O)(=O)N3CCOCC3)ccc21. The molecule has 4 rings (SSSR count). The third kappa shape index (κ3) is 4.95. The van der Waals surface area contributed by atoms with E-state index in [9.17, 15) is 13.2 Å². The molecule has 0 spiro atoms. The molecule has 8 nitrogen and oxygen atoms in total. The molecule has 0 atom stereocenters. The largest absolute Gasteiger partial charge is 0.379 e. The molecule has 0 saturated carbocycles. The summed E-state index contributed by atoms with van der Waals surface area (Å²) in [5.74, 6) is 0.691. The first-order chi connectivity index (χ1) is 15.8.